The van der Waals surface area contributed by atoms with Crippen molar-refractivity contribution in [1.29, 1.82) is 0 Å². The van der Waals surface area contributed by atoms with E-state index < -0.39 is 85.5 Å². The first-order chi connectivity index (χ1) is 14.7. The van der Waals surface area contributed by atoms with Crippen LogP contribution in [0.5, 0.6) is 0 Å². The van der Waals surface area contributed by atoms with Gasteiger partial charge in [-0.3, -0.25) is 13.6 Å². The Kier molecular flexibility index (Phi) is 10.2. The van der Waals surface area contributed by atoms with Crippen LogP contribution in [-0.4, -0.2) is 64.2 Å². The van der Waals surface area contributed by atoms with Crippen LogP contribution < -0.4 is 4.72 Å². The largest absolute Gasteiger partial charge is 0.474 e. The van der Waals surface area contributed by atoms with Crippen LogP contribution in [0.2, 0.25) is 0 Å². The smallest absolute Gasteiger partial charge is 0.285 e. The van der Waals surface area contributed by atoms with E-state index in [2.05, 4.69) is 0 Å². The maximum Gasteiger partial charge on any atom is 0.474 e. The standard InChI is InChI=1S/C16H26F8NO6PS/c1-13(2,17)10-12(11-14(18,15(19,20)21)16(22,23)24)4-3-9-33(27,28)25-5-6-29-32(26)30-7-8-31-32/h12,25H,3-11H2,1-2H3. The predicted octanol–water partition coefficient (Wildman–Crippen LogP) is 4.83. The molecular formula is C16H26F8NO6PS. The lowest BCUT2D eigenvalue weighted by Crippen LogP contribution is -2.54. The van der Waals surface area contributed by atoms with E-state index >= 15 is 0 Å². The van der Waals surface area contributed by atoms with Crippen molar-refractivity contribution < 1.29 is 61.7 Å². The molecule has 0 aromatic rings. The second-order valence-corrected chi connectivity index (χ2v) is 11.7. The summed E-state index contributed by atoms with van der Waals surface area (Å²) in [4.78, 5) is 0. The van der Waals surface area contributed by atoms with Gasteiger partial charge in [0.05, 0.1) is 25.6 Å². The lowest BCUT2D eigenvalue weighted by Gasteiger charge is -2.34. The van der Waals surface area contributed by atoms with Crippen LogP contribution in [-0.2, 0) is 28.2 Å². The van der Waals surface area contributed by atoms with Gasteiger partial charge in [0.1, 0.15) is 5.67 Å². The minimum Gasteiger partial charge on any atom is -0.285 e. The van der Waals surface area contributed by atoms with Crippen molar-refractivity contribution >= 4 is 17.8 Å². The van der Waals surface area contributed by atoms with Gasteiger partial charge in [-0.15, -0.1) is 0 Å². The van der Waals surface area contributed by atoms with Crippen LogP contribution in [0.1, 0.15) is 39.5 Å². The molecule has 0 spiro atoms. The molecule has 1 N–H and O–H groups in total. The molecule has 0 aromatic heterocycles. The summed E-state index contributed by atoms with van der Waals surface area (Å²) in [6.07, 6.45) is -16.6. The monoisotopic (exact) mass is 543 g/mol. The SMILES string of the molecule is CC(C)(F)CC(CCCS(=O)(=O)NCCOP1(=O)OCCO1)CC(F)(C(F)(F)F)C(F)(F)F. The maximum absolute atomic E-state index is 14.1. The van der Waals surface area contributed by atoms with Crippen LogP contribution in [0.4, 0.5) is 35.1 Å². The Hall–Kier alpha value is -0.540. The van der Waals surface area contributed by atoms with Gasteiger partial charge >= 0.3 is 20.2 Å². The van der Waals surface area contributed by atoms with Gasteiger partial charge in [0, 0.05) is 13.0 Å². The number of alkyl halides is 8. The zero-order valence-corrected chi connectivity index (χ0v) is 19.5. The number of rotatable bonds is 13. The Balaban J connectivity index is 2.69. The van der Waals surface area contributed by atoms with Crippen LogP contribution in [0.15, 0.2) is 0 Å². The minimum absolute atomic E-state index is 0.0305. The summed E-state index contributed by atoms with van der Waals surface area (Å²) in [7, 11) is -7.81. The van der Waals surface area contributed by atoms with Gasteiger partial charge in [-0.25, -0.2) is 26.5 Å². The molecule has 1 fully saturated rings. The van der Waals surface area contributed by atoms with E-state index in [0.29, 0.717) is 0 Å². The molecule has 1 heterocycles. The molecule has 33 heavy (non-hydrogen) atoms. The van der Waals surface area contributed by atoms with Gasteiger partial charge in [-0.2, -0.15) is 26.3 Å². The summed E-state index contributed by atoms with van der Waals surface area (Å²) < 4.78 is 157. The van der Waals surface area contributed by atoms with E-state index in [1.165, 1.54) is 0 Å². The summed E-state index contributed by atoms with van der Waals surface area (Å²) in [5.41, 5.74) is -7.79. The van der Waals surface area contributed by atoms with Crippen molar-refractivity contribution in [1.82, 2.24) is 4.72 Å². The molecule has 17 heteroatoms. The highest BCUT2D eigenvalue weighted by atomic mass is 32.2. The van der Waals surface area contributed by atoms with Crippen molar-refractivity contribution in [3.8, 4) is 0 Å². The Morgan fingerprint density at radius 2 is 1.48 bits per heavy atom. The van der Waals surface area contributed by atoms with Crippen molar-refractivity contribution in [3.63, 3.8) is 0 Å². The number of hydrogen-bond acceptors (Lipinski definition) is 6. The molecule has 0 aliphatic carbocycles. The highest BCUT2D eigenvalue weighted by Gasteiger charge is 2.72. The van der Waals surface area contributed by atoms with Crippen molar-refractivity contribution in [3.05, 3.63) is 0 Å². The molecule has 0 saturated carbocycles. The summed E-state index contributed by atoms with van der Waals surface area (Å²) in [6.45, 7) is 1.09. The Bertz CT molecular complexity index is 759. The van der Waals surface area contributed by atoms with Crippen molar-refractivity contribution in [2.45, 2.75) is 63.2 Å². The van der Waals surface area contributed by atoms with E-state index in [1.54, 1.807) is 0 Å². The summed E-state index contributed by atoms with van der Waals surface area (Å²) in [6, 6.07) is 0. The molecule has 1 aliphatic heterocycles. The topological polar surface area (TPSA) is 90.9 Å². The minimum atomic E-state index is -6.29. The second kappa shape index (κ2) is 11.0. The summed E-state index contributed by atoms with van der Waals surface area (Å²) in [5, 5.41) is 0. The molecule has 1 saturated heterocycles. The van der Waals surface area contributed by atoms with E-state index in [4.69, 9.17) is 13.6 Å². The van der Waals surface area contributed by atoms with Gasteiger partial charge < -0.3 is 0 Å². The first kappa shape index (κ1) is 30.5. The highest BCUT2D eigenvalue weighted by Crippen LogP contribution is 2.52. The average Bonchev–Trinajstić information content (AvgIpc) is 3.02. The van der Waals surface area contributed by atoms with Gasteiger partial charge in [0.25, 0.3) is 5.67 Å². The third kappa shape index (κ3) is 9.92. The molecule has 0 amide bonds. The van der Waals surface area contributed by atoms with Crippen LogP contribution in [0.3, 0.4) is 0 Å². The lowest BCUT2D eigenvalue weighted by atomic mass is 9.82. The molecule has 0 bridgehead atoms. The summed E-state index contributed by atoms with van der Waals surface area (Å²) >= 11 is 0. The third-order valence-electron chi connectivity index (χ3n) is 4.52. The number of nitrogens with one attached hydrogen (secondary N) is 1. The van der Waals surface area contributed by atoms with Crippen LogP contribution >= 0.6 is 7.82 Å². The average molecular weight is 543 g/mol. The molecule has 1 aliphatic rings. The number of sulfonamides is 1. The van der Waals surface area contributed by atoms with Gasteiger partial charge in [-0.05, 0) is 39.0 Å². The van der Waals surface area contributed by atoms with Crippen LogP contribution in [0.25, 0.3) is 0 Å². The molecule has 0 radical (unpaired) electrons. The number of halogens is 8. The van der Waals surface area contributed by atoms with Crippen LogP contribution in [0, 0.1) is 5.92 Å². The first-order valence-corrected chi connectivity index (χ1v) is 12.8. The first-order valence-electron chi connectivity index (χ1n) is 9.72. The van der Waals surface area contributed by atoms with E-state index in [1.807, 2.05) is 4.72 Å². The molecule has 0 aromatic carbocycles. The maximum atomic E-state index is 14.1. The number of phosphoric ester groups is 1. The number of hydrogen-bond donors (Lipinski definition) is 1. The quantitative estimate of drug-likeness (QED) is 0.203. The Labute approximate surface area is 186 Å². The zero-order chi connectivity index (χ0) is 25.8. The fraction of sp³-hybridized carbons (Fsp3) is 1.00. The van der Waals surface area contributed by atoms with Gasteiger partial charge in [0.15, 0.2) is 0 Å². The normalized spacial score (nSPS) is 19.1. The zero-order valence-electron chi connectivity index (χ0n) is 17.8. The second-order valence-electron chi connectivity index (χ2n) is 8.09. The van der Waals surface area contributed by atoms with Gasteiger partial charge in [-0.1, -0.05) is 0 Å². The van der Waals surface area contributed by atoms with Crippen molar-refractivity contribution in [2.24, 2.45) is 5.92 Å². The van der Waals surface area contributed by atoms with Crippen molar-refractivity contribution in [2.75, 3.05) is 32.1 Å². The predicted molar refractivity (Wildman–Crippen MR) is 100 cm³/mol. The molecule has 1 rings (SSSR count). The lowest BCUT2D eigenvalue weighted by molar-refractivity contribution is -0.346. The fourth-order valence-electron chi connectivity index (χ4n) is 3.15. The highest BCUT2D eigenvalue weighted by molar-refractivity contribution is 7.89. The molecule has 7 nitrogen and oxygen atoms in total. The Morgan fingerprint density at radius 3 is 1.94 bits per heavy atom. The molecule has 1 unspecified atom stereocenters. The fourth-order valence-corrected chi connectivity index (χ4v) is 5.37. The molecule has 198 valence electrons. The molecular weight excluding hydrogens is 517 g/mol. The van der Waals surface area contributed by atoms with Gasteiger partial charge in [0.2, 0.25) is 10.0 Å². The molecule has 1 atom stereocenters. The summed E-state index contributed by atoms with van der Waals surface area (Å²) in [5.74, 6) is -2.49. The van der Waals surface area contributed by atoms with E-state index in [-0.39, 0.29) is 19.8 Å². The van der Waals surface area contributed by atoms with E-state index in [9.17, 15) is 48.1 Å². The Morgan fingerprint density at radius 1 is 0.970 bits per heavy atom. The van der Waals surface area contributed by atoms with E-state index in [0.717, 1.165) is 13.8 Å². The number of phosphoric acid groups is 1. The third-order valence-corrected chi connectivity index (χ3v) is 7.49.